The molecule has 34 heavy (non-hydrogen) atoms. The molecule has 0 atom stereocenters. The van der Waals surface area contributed by atoms with Gasteiger partial charge in [0, 0.05) is 58.5 Å². The number of anilines is 1. The quantitative estimate of drug-likeness (QED) is 0.289. The number of nitriles is 1. The lowest BCUT2D eigenvalue weighted by Crippen LogP contribution is -2.48. The molecule has 0 unspecified atom stereocenters. The molecule has 3 heterocycles. The van der Waals surface area contributed by atoms with E-state index in [0.717, 1.165) is 50.5 Å². The molecule has 8 nitrogen and oxygen atoms in total. The van der Waals surface area contributed by atoms with E-state index >= 15 is 0 Å². The lowest BCUT2D eigenvalue weighted by molar-refractivity contribution is -0.122. The first-order valence-electron chi connectivity index (χ1n) is 11.8. The van der Waals surface area contributed by atoms with Crippen LogP contribution in [-0.2, 0) is 16.1 Å². The number of hydrogen-bond donors (Lipinski definition) is 0. The molecular formula is C24H33N5O3S2. The number of methoxy groups -OCH3 is 1. The van der Waals surface area contributed by atoms with Crippen molar-refractivity contribution in [1.29, 1.82) is 5.26 Å². The smallest absolute Gasteiger partial charge is 0.270 e. The standard InChI is InChI=1S/C24H33N5O3S2/c1-5-8-28-21(27-12-10-26(6-2)11-13-27)18(17(3)19(16-25)22(28)30)15-20-23(31)29(24(33)34-20)9-7-14-32-4/h15H,5-14H2,1-4H3. The Hall–Kier alpha value is -2.19. The second-order valence-corrected chi connectivity index (χ2v) is 10.1. The van der Waals surface area contributed by atoms with E-state index in [1.165, 1.54) is 11.8 Å². The molecule has 10 heteroatoms. The molecule has 2 fully saturated rings. The van der Waals surface area contributed by atoms with Crippen molar-refractivity contribution in [2.45, 2.75) is 40.2 Å². The number of carbonyl (C=O) groups is 1. The Bertz CT molecular complexity index is 1070. The van der Waals surface area contributed by atoms with Gasteiger partial charge in [0.25, 0.3) is 11.5 Å². The van der Waals surface area contributed by atoms with Crippen molar-refractivity contribution >= 4 is 46.1 Å². The maximum absolute atomic E-state index is 13.3. The number of aromatic nitrogens is 1. The maximum Gasteiger partial charge on any atom is 0.270 e. The summed E-state index contributed by atoms with van der Waals surface area (Å²) in [6.45, 7) is 11.9. The van der Waals surface area contributed by atoms with Gasteiger partial charge in [-0.05, 0) is 37.9 Å². The molecule has 184 valence electrons. The van der Waals surface area contributed by atoms with E-state index in [9.17, 15) is 14.9 Å². The summed E-state index contributed by atoms with van der Waals surface area (Å²) in [5.41, 5.74) is 1.23. The minimum atomic E-state index is -0.265. The lowest BCUT2D eigenvalue weighted by atomic mass is 10.0. The average Bonchev–Trinajstić information content (AvgIpc) is 3.10. The third kappa shape index (κ3) is 5.38. The summed E-state index contributed by atoms with van der Waals surface area (Å²) in [4.78, 5) is 33.2. The molecule has 0 radical (unpaired) electrons. The molecule has 0 bridgehead atoms. The van der Waals surface area contributed by atoms with Crippen molar-refractivity contribution in [2.24, 2.45) is 0 Å². The molecule has 1 aromatic rings. The molecule has 1 aromatic heterocycles. The molecule has 0 aliphatic carbocycles. The van der Waals surface area contributed by atoms with Crippen LogP contribution in [0.1, 0.15) is 43.4 Å². The van der Waals surface area contributed by atoms with E-state index in [4.69, 9.17) is 17.0 Å². The summed E-state index contributed by atoms with van der Waals surface area (Å²) in [7, 11) is 1.63. The largest absolute Gasteiger partial charge is 0.385 e. The van der Waals surface area contributed by atoms with Crippen LogP contribution in [0.25, 0.3) is 6.08 Å². The van der Waals surface area contributed by atoms with Crippen LogP contribution < -0.4 is 10.5 Å². The summed E-state index contributed by atoms with van der Waals surface area (Å²) in [5.74, 6) is 0.655. The number of hydrogen-bond acceptors (Lipinski definition) is 8. The molecule has 1 amide bonds. The molecular weight excluding hydrogens is 470 g/mol. The van der Waals surface area contributed by atoms with Crippen molar-refractivity contribution in [1.82, 2.24) is 14.4 Å². The summed E-state index contributed by atoms with van der Waals surface area (Å²) < 4.78 is 7.35. The Kier molecular flexibility index (Phi) is 9.31. The Morgan fingerprint density at radius 2 is 1.88 bits per heavy atom. The molecule has 2 aliphatic rings. The van der Waals surface area contributed by atoms with Gasteiger partial charge in [0.15, 0.2) is 0 Å². The highest BCUT2D eigenvalue weighted by atomic mass is 32.2. The van der Waals surface area contributed by atoms with Crippen molar-refractivity contribution in [3.8, 4) is 6.07 Å². The number of likely N-dealkylation sites (N-methyl/N-ethyl adjacent to an activating group) is 1. The summed E-state index contributed by atoms with van der Waals surface area (Å²) in [6, 6.07) is 2.11. The zero-order chi connectivity index (χ0) is 24.8. The van der Waals surface area contributed by atoms with E-state index in [-0.39, 0.29) is 17.0 Å². The molecule has 0 spiro atoms. The van der Waals surface area contributed by atoms with Crippen molar-refractivity contribution in [2.75, 3.05) is 57.9 Å². The van der Waals surface area contributed by atoms with Gasteiger partial charge < -0.3 is 14.5 Å². The minimum absolute atomic E-state index is 0.131. The fraction of sp³-hybridized carbons (Fsp3) is 0.583. The Labute approximate surface area is 211 Å². The summed E-state index contributed by atoms with van der Waals surface area (Å²) in [5, 5.41) is 9.78. The number of thioether (sulfide) groups is 1. The Balaban J connectivity index is 2.11. The molecule has 2 saturated heterocycles. The van der Waals surface area contributed by atoms with E-state index in [0.29, 0.717) is 40.9 Å². The van der Waals surface area contributed by atoms with Gasteiger partial charge in [-0.25, -0.2) is 0 Å². The third-order valence-corrected chi connectivity index (χ3v) is 7.67. The maximum atomic E-state index is 13.3. The van der Waals surface area contributed by atoms with E-state index in [2.05, 4.69) is 22.8 Å². The number of rotatable bonds is 9. The zero-order valence-electron chi connectivity index (χ0n) is 20.4. The SMILES string of the molecule is CCCn1c(N2CCN(CC)CC2)c(C=C2SC(=S)N(CCCOC)C2=O)c(C)c(C#N)c1=O. The number of pyridine rings is 1. The molecule has 0 N–H and O–H groups in total. The van der Waals surface area contributed by atoms with E-state index < -0.39 is 0 Å². The summed E-state index contributed by atoms with van der Waals surface area (Å²) in [6.07, 6.45) is 3.29. The molecule has 0 aromatic carbocycles. The van der Waals surface area contributed by atoms with Crippen molar-refractivity contribution in [3.63, 3.8) is 0 Å². The highest BCUT2D eigenvalue weighted by Crippen LogP contribution is 2.36. The Morgan fingerprint density at radius 1 is 1.18 bits per heavy atom. The van der Waals surface area contributed by atoms with Crippen LogP contribution in [0.2, 0.25) is 0 Å². The van der Waals surface area contributed by atoms with Crippen LogP contribution >= 0.6 is 24.0 Å². The number of amides is 1. The van der Waals surface area contributed by atoms with Crippen LogP contribution in [0.4, 0.5) is 5.82 Å². The van der Waals surface area contributed by atoms with Crippen molar-refractivity contribution < 1.29 is 9.53 Å². The highest BCUT2D eigenvalue weighted by Gasteiger charge is 2.33. The molecule has 0 saturated carbocycles. The van der Waals surface area contributed by atoms with Gasteiger partial charge in [0.2, 0.25) is 0 Å². The number of piperazine rings is 1. The van der Waals surface area contributed by atoms with Gasteiger partial charge in [0.05, 0.1) is 4.91 Å². The third-order valence-electron chi connectivity index (χ3n) is 6.29. The van der Waals surface area contributed by atoms with E-state index in [1.807, 2.05) is 13.0 Å². The second-order valence-electron chi connectivity index (χ2n) is 8.41. The van der Waals surface area contributed by atoms with Crippen LogP contribution in [0.3, 0.4) is 0 Å². The highest BCUT2D eigenvalue weighted by molar-refractivity contribution is 8.26. The Morgan fingerprint density at radius 3 is 2.47 bits per heavy atom. The first kappa shape index (κ1) is 26.4. The van der Waals surface area contributed by atoms with Gasteiger partial charge in [-0.3, -0.25) is 19.1 Å². The second kappa shape index (κ2) is 12.0. The minimum Gasteiger partial charge on any atom is -0.385 e. The number of nitrogens with zero attached hydrogens (tertiary/aromatic N) is 5. The fourth-order valence-corrected chi connectivity index (χ4v) is 5.67. The monoisotopic (exact) mass is 503 g/mol. The summed E-state index contributed by atoms with van der Waals surface area (Å²) >= 11 is 6.75. The number of carbonyl (C=O) groups excluding carboxylic acids is 1. The van der Waals surface area contributed by atoms with Crippen LogP contribution in [0.5, 0.6) is 0 Å². The predicted octanol–water partition coefficient (Wildman–Crippen LogP) is 2.82. The van der Waals surface area contributed by atoms with Crippen molar-refractivity contribution in [3.05, 3.63) is 31.9 Å². The number of ether oxygens (including phenoxy) is 1. The topological polar surface area (TPSA) is 81.8 Å². The lowest BCUT2D eigenvalue weighted by Gasteiger charge is -2.37. The van der Waals surface area contributed by atoms with Gasteiger partial charge in [-0.15, -0.1) is 0 Å². The average molecular weight is 504 g/mol. The molecule has 2 aliphatic heterocycles. The number of thiocarbonyl (C=S) groups is 1. The predicted molar refractivity (Wildman–Crippen MR) is 141 cm³/mol. The van der Waals surface area contributed by atoms with Gasteiger partial charge in [-0.1, -0.05) is 37.8 Å². The van der Waals surface area contributed by atoms with Gasteiger partial charge >= 0.3 is 0 Å². The van der Waals surface area contributed by atoms with Gasteiger partial charge in [-0.2, -0.15) is 5.26 Å². The normalized spacial score (nSPS) is 18.3. The van der Waals surface area contributed by atoms with E-state index in [1.54, 1.807) is 23.5 Å². The molecule has 3 rings (SSSR count). The zero-order valence-corrected chi connectivity index (χ0v) is 22.1. The van der Waals surface area contributed by atoms with Crippen LogP contribution in [0.15, 0.2) is 9.70 Å². The van der Waals surface area contributed by atoms with Gasteiger partial charge in [0.1, 0.15) is 21.8 Å². The van der Waals surface area contributed by atoms with Crippen LogP contribution in [0, 0.1) is 18.3 Å². The fourth-order valence-electron chi connectivity index (χ4n) is 4.38. The first-order chi connectivity index (χ1) is 16.4. The first-order valence-corrected chi connectivity index (χ1v) is 13.0. The van der Waals surface area contributed by atoms with Crippen LogP contribution in [-0.4, -0.2) is 77.6 Å².